The summed E-state index contributed by atoms with van der Waals surface area (Å²) in [5.41, 5.74) is 2.63. The minimum atomic E-state index is -0.672. The summed E-state index contributed by atoms with van der Waals surface area (Å²) in [6.45, 7) is 4.22. The van der Waals surface area contributed by atoms with Gasteiger partial charge in [-0.15, -0.1) is 0 Å². The van der Waals surface area contributed by atoms with E-state index in [-0.39, 0.29) is 0 Å². The van der Waals surface area contributed by atoms with E-state index in [2.05, 4.69) is 31.9 Å². The molecule has 0 fully saturated rings. The Balaban J connectivity index is 2.24. The minimum absolute atomic E-state index is 0.410. The molecule has 126 valence electrons. The predicted molar refractivity (Wildman–Crippen MR) is 98.9 cm³/mol. The highest BCUT2D eigenvalue weighted by Gasteiger charge is 2.22. The number of urea groups is 1. The molecule has 1 unspecified atom stereocenters. The highest BCUT2D eigenvalue weighted by atomic mass is 79.9. The Morgan fingerprint density at radius 2 is 1.83 bits per heavy atom. The van der Waals surface area contributed by atoms with Gasteiger partial charge in [0, 0.05) is 16.7 Å². The van der Waals surface area contributed by atoms with E-state index in [1.807, 2.05) is 55.5 Å². The number of aryl methyl sites for hydroxylation is 1. The van der Waals surface area contributed by atoms with Crippen LogP contribution in [0.15, 0.2) is 53.0 Å². The molecule has 2 aromatic carbocycles. The first-order valence-corrected chi connectivity index (χ1v) is 8.47. The molecule has 0 spiro atoms. The van der Waals surface area contributed by atoms with Crippen LogP contribution in [0.2, 0.25) is 0 Å². The highest BCUT2D eigenvalue weighted by molar-refractivity contribution is 9.10. The summed E-state index contributed by atoms with van der Waals surface area (Å²) in [5.74, 6) is -0.410. The maximum atomic E-state index is 12.5. The fraction of sp³-hybridized carbons (Fsp3) is 0.222. The van der Waals surface area contributed by atoms with Crippen LogP contribution in [-0.2, 0) is 4.79 Å². The Bertz CT molecular complexity index is 719. The van der Waals surface area contributed by atoms with Crippen molar-refractivity contribution in [2.45, 2.75) is 19.9 Å². The van der Waals surface area contributed by atoms with Gasteiger partial charge < -0.3 is 10.6 Å². The topological polar surface area (TPSA) is 70.2 Å². The highest BCUT2D eigenvalue weighted by Crippen LogP contribution is 2.24. The van der Waals surface area contributed by atoms with Gasteiger partial charge in [0.1, 0.15) is 6.04 Å². The van der Waals surface area contributed by atoms with Gasteiger partial charge in [0.15, 0.2) is 0 Å². The van der Waals surface area contributed by atoms with Crippen molar-refractivity contribution >= 4 is 33.6 Å². The van der Waals surface area contributed by atoms with Gasteiger partial charge in [-0.3, -0.25) is 10.1 Å². The molecule has 2 aromatic rings. The van der Waals surface area contributed by atoms with Crippen molar-refractivity contribution in [1.29, 1.82) is 0 Å². The number of carbonyl (C=O) groups is 2. The number of rotatable bonds is 5. The number of benzene rings is 2. The SMILES string of the molecule is CCNC(=O)NC(=O)C(Nc1ccc(Br)c(C)c1)c1ccccc1. The van der Waals surface area contributed by atoms with Gasteiger partial charge in [0.2, 0.25) is 0 Å². The number of amides is 3. The Morgan fingerprint density at radius 3 is 2.46 bits per heavy atom. The molecule has 6 heteroatoms. The molecule has 24 heavy (non-hydrogen) atoms. The Hall–Kier alpha value is -2.34. The predicted octanol–water partition coefficient (Wildman–Crippen LogP) is 3.76. The lowest BCUT2D eigenvalue weighted by Crippen LogP contribution is -2.43. The van der Waals surface area contributed by atoms with Crippen LogP contribution in [0.4, 0.5) is 10.5 Å². The molecule has 5 nitrogen and oxygen atoms in total. The maximum absolute atomic E-state index is 12.5. The summed E-state index contributed by atoms with van der Waals surface area (Å²) in [7, 11) is 0. The van der Waals surface area contributed by atoms with Crippen LogP contribution in [-0.4, -0.2) is 18.5 Å². The zero-order valence-electron chi connectivity index (χ0n) is 13.6. The Morgan fingerprint density at radius 1 is 1.12 bits per heavy atom. The normalized spacial score (nSPS) is 11.5. The number of halogens is 1. The fourth-order valence-electron chi connectivity index (χ4n) is 2.24. The van der Waals surface area contributed by atoms with E-state index < -0.39 is 18.0 Å². The average Bonchev–Trinajstić information content (AvgIpc) is 2.56. The van der Waals surface area contributed by atoms with Crippen LogP contribution in [0.1, 0.15) is 24.1 Å². The van der Waals surface area contributed by atoms with Crippen molar-refractivity contribution in [2.75, 3.05) is 11.9 Å². The summed E-state index contributed by atoms with van der Waals surface area (Å²) in [5, 5.41) is 8.12. The molecule has 3 amide bonds. The number of hydrogen-bond donors (Lipinski definition) is 3. The van der Waals surface area contributed by atoms with Crippen LogP contribution in [0.25, 0.3) is 0 Å². The van der Waals surface area contributed by atoms with Gasteiger partial charge in [0.25, 0.3) is 5.91 Å². The smallest absolute Gasteiger partial charge is 0.321 e. The second-order valence-electron chi connectivity index (χ2n) is 5.30. The number of imide groups is 1. The third-order valence-electron chi connectivity index (χ3n) is 3.44. The lowest BCUT2D eigenvalue weighted by Gasteiger charge is -2.20. The third kappa shape index (κ3) is 4.83. The number of hydrogen-bond acceptors (Lipinski definition) is 3. The lowest BCUT2D eigenvalue weighted by molar-refractivity contribution is -0.120. The number of nitrogens with one attached hydrogen (secondary N) is 3. The van der Waals surface area contributed by atoms with E-state index >= 15 is 0 Å². The van der Waals surface area contributed by atoms with Gasteiger partial charge in [-0.2, -0.15) is 0 Å². The van der Waals surface area contributed by atoms with Gasteiger partial charge >= 0.3 is 6.03 Å². The molecule has 0 heterocycles. The first-order chi connectivity index (χ1) is 11.5. The second kappa shape index (κ2) is 8.49. The van der Waals surface area contributed by atoms with Crippen LogP contribution in [0.3, 0.4) is 0 Å². The summed E-state index contributed by atoms with van der Waals surface area (Å²) in [4.78, 5) is 24.2. The molecule has 3 N–H and O–H groups in total. The van der Waals surface area contributed by atoms with Crippen molar-refractivity contribution in [3.63, 3.8) is 0 Å². The molecule has 0 aliphatic rings. The zero-order chi connectivity index (χ0) is 17.5. The first kappa shape index (κ1) is 18.0. The Kier molecular flexibility index (Phi) is 6.37. The minimum Gasteiger partial charge on any atom is -0.370 e. The fourth-order valence-corrected chi connectivity index (χ4v) is 2.48. The summed E-state index contributed by atoms with van der Waals surface area (Å²) in [6, 6.07) is 13.9. The molecule has 2 rings (SSSR count). The molecule has 0 radical (unpaired) electrons. The molecule has 0 saturated heterocycles. The van der Waals surface area contributed by atoms with E-state index in [9.17, 15) is 9.59 Å². The molecule has 0 aliphatic heterocycles. The quantitative estimate of drug-likeness (QED) is 0.728. The Labute approximate surface area is 150 Å². The molecule has 1 atom stereocenters. The molecular formula is C18H20BrN3O2. The zero-order valence-corrected chi connectivity index (χ0v) is 15.2. The van der Waals surface area contributed by atoms with Crippen molar-refractivity contribution in [3.8, 4) is 0 Å². The summed E-state index contributed by atoms with van der Waals surface area (Å²) < 4.78 is 0.996. The molecule has 0 aliphatic carbocycles. The van der Waals surface area contributed by atoms with Crippen molar-refractivity contribution in [2.24, 2.45) is 0 Å². The average molecular weight is 390 g/mol. The summed E-state index contributed by atoms with van der Waals surface area (Å²) in [6.07, 6.45) is 0. The standard InChI is InChI=1S/C18H20BrN3O2/c1-3-20-18(24)22-17(23)16(13-7-5-4-6-8-13)21-14-9-10-15(19)12(2)11-14/h4-11,16,21H,3H2,1-2H3,(H2,20,22,23,24). The largest absolute Gasteiger partial charge is 0.370 e. The lowest BCUT2D eigenvalue weighted by atomic mass is 10.1. The molecule has 0 bridgehead atoms. The van der Waals surface area contributed by atoms with Crippen LogP contribution < -0.4 is 16.0 Å². The van der Waals surface area contributed by atoms with Crippen LogP contribution >= 0.6 is 15.9 Å². The van der Waals surface area contributed by atoms with Crippen LogP contribution in [0.5, 0.6) is 0 Å². The van der Waals surface area contributed by atoms with Gasteiger partial charge in [-0.25, -0.2) is 4.79 Å². The van der Waals surface area contributed by atoms with E-state index in [4.69, 9.17) is 0 Å². The summed E-state index contributed by atoms with van der Waals surface area (Å²) >= 11 is 3.46. The van der Waals surface area contributed by atoms with Gasteiger partial charge in [0.05, 0.1) is 0 Å². The molecule has 0 saturated carbocycles. The van der Waals surface area contributed by atoms with E-state index in [0.717, 1.165) is 21.3 Å². The van der Waals surface area contributed by atoms with Crippen LogP contribution in [0, 0.1) is 6.92 Å². The molecule has 0 aromatic heterocycles. The van der Waals surface area contributed by atoms with Crippen molar-refractivity contribution in [3.05, 3.63) is 64.1 Å². The van der Waals surface area contributed by atoms with Crippen molar-refractivity contribution < 1.29 is 9.59 Å². The maximum Gasteiger partial charge on any atom is 0.321 e. The van der Waals surface area contributed by atoms with Gasteiger partial charge in [-0.1, -0.05) is 46.3 Å². The van der Waals surface area contributed by atoms with Gasteiger partial charge in [-0.05, 0) is 43.2 Å². The number of anilines is 1. The number of carbonyl (C=O) groups excluding carboxylic acids is 2. The monoisotopic (exact) mass is 389 g/mol. The second-order valence-corrected chi connectivity index (χ2v) is 6.16. The van der Waals surface area contributed by atoms with Crippen molar-refractivity contribution in [1.82, 2.24) is 10.6 Å². The van der Waals surface area contributed by atoms with E-state index in [1.54, 1.807) is 6.92 Å². The first-order valence-electron chi connectivity index (χ1n) is 7.67. The van der Waals surface area contributed by atoms with E-state index in [1.165, 1.54) is 0 Å². The van der Waals surface area contributed by atoms with E-state index in [0.29, 0.717) is 6.54 Å². The third-order valence-corrected chi connectivity index (χ3v) is 4.33. The molecular weight excluding hydrogens is 370 g/mol.